The van der Waals surface area contributed by atoms with Crippen LogP contribution in [-0.4, -0.2) is 35.8 Å². The van der Waals surface area contributed by atoms with Crippen LogP contribution in [0, 0.1) is 5.82 Å². The fraction of sp³-hybridized carbons (Fsp3) is 0.385. The van der Waals surface area contributed by atoms with Crippen molar-refractivity contribution >= 4 is 11.9 Å². The molecule has 0 aromatic heterocycles. The summed E-state index contributed by atoms with van der Waals surface area (Å²) in [4.78, 5) is 22.7. The summed E-state index contributed by atoms with van der Waals surface area (Å²) in [5.41, 5.74) is -0.379. The van der Waals surface area contributed by atoms with E-state index in [0.717, 1.165) is 18.2 Å². The largest absolute Gasteiger partial charge is 0.490 e. The fourth-order valence-electron chi connectivity index (χ4n) is 1.65. The minimum absolute atomic E-state index is 0.0200. The van der Waals surface area contributed by atoms with Crippen LogP contribution in [0.15, 0.2) is 18.2 Å². The summed E-state index contributed by atoms with van der Waals surface area (Å²) in [7, 11) is 0. The molecule has 0 saturated carbocycles. The number of amides is 1. The average Bonchev–Trinajstić information content (AvgIpc) is 2.38. The quantitative estimate of drug-likeness (QED) is 0.788. The van der Waals surface area contributed by atoms with Crippen LogP contribution in [0.4, 0.5) is 17.6 Å². The Labute approximate surface area is 122 Å². The van der Waals surface area contributed by atoms with E-state index < -0.39 is 42.1 Å². The number of carboxylic acids is 1. The number of para-hydroxylation sites is 1. The maximum absolute atomic E-state index is 13.6. The van der Waals surface area contributed by atoms with Gasteiger partial charge in [0.15, 0.2) is 11.6 Å². The summed E-state index contributed by atoms with van der Waals surface area (Å²) in [6.07, 6.45) is -6.52. The first-order valence-electron chi connectivity index (χ1n) is 6.17. The molecule has 1 aromatic rings. The minimum atomic E-state index is -4.78. The van der Waals surface area contributed by atoms with E-state index in [9.17, 15) is 27.2 Å². The molecule has 0 aliphatic rings. The van der Waals surface area contributed by atoms with E-state index in [-0.39, 0.29) is 12.2 Å². The number of carboxylic acid groups (broad SMARTS) is 1. The van der Waals surface area contributed by atoms with Gasteiger partial charge >= 0.3 is 12.1 Å². The summed E-state index contributed by atoms with van der Waals surface area (Å²) in [5, 5.41) is 10.4. The van der Waals surface area contributed by atoms with Gasteiger partial charge in [0.25, 0.3) is 5.91 Å². The van der Waals surface area contributed by atoms with Gasteiger partial charge < -0.3 is 15.2 Å². The summed E-state index contributed by atoms with van der Waals surface area (Å²) in [6.45, 7) is 1.55. The van der Waals surface area contributed by atoms with Crippen molar-refractivity contribution < 1.29 is 37.0 Å². The molecule has 0 bridgehead atoms. The SMILES string of the molecule is CCOc1c(F)cccc1C(=O)NC(CC(F)(F)F)C(=O)O. The van der Waals surface area contributed by atoms with Crippen LogP contribution in [0.1, 0.15) is 23.7 Å². The van der Waals surface area contributed by atoms with E-state index >= 15 is 0 Å². The third-order valence-electron chi connectivity index (χ3n) is 2.54. The van der Waals surface area contributed by atoms with Gasteiger partial charge in [-0.25, -0.2) is 9.18 Å². The van der Waals surface area contributed by atoms with Gasteiger partial charge in [0, 0.05) is 0 Å². The minimum Gasteiger partial charge on any atom is -0.490 e. The number of rotatable bonds is 6. The first kappa shape index (κ1) is 17.7. The van der Waals surface area contributed by atoms with Gasteiger partial charge in [0.05, 0.1) is 18.6 Å². The topological polar surface area (TPSA) is 75.6 Å². The molecular formula is C13H13F4NO4. The lowest BCUT2D eigenvalue weighted by Gasteiger charge is -2.17. The second-order valence-corrected chi connectivity index (χ2v) is 4.23. The highest BCUT2D eigenvalue weighted by atomic mass is 19.4. The number of aliphatic carboxylic acids is 1. The van der Waals surface area contributed by atoms with E-state index in [1.54, 1.807) is 5.32 Å². The van der Waals surface area contributed by atoms with Crippen LogP contribution in [0.25, 0.3) is 0 Å². The van der Waals surface area contributed by atoms with Crippen LogP contribution in [0.2, 0.25) is 0 Å². The molecule has 9 heteroatoms. The molecule has 0 aliphatic carbocycles. The lowest BCUT2D eigenvalue weighted by atomic mass is 10.1. The highest BCUT2D eigenvalue weighted by Gasteiger charge is 2.36. The molecule has 1 rings (SSSR count). The van der Waals surface area contributed by atoms with E-state index in [0.29, 0.717) is 0 Å². The van der Waals surface area contributed by atoms with Crippen molar-refractivity contribution in [2.24, 2.45) is 0 Å². The van der Waals surface area contributed by atoms with E-state index in [1.165, 1.54) is 6.92 Å². The summed E-state index contributed by atoms with van der Waals surface area (Å²) >= 11 is 0. The lowest BCUT2D eigenvalue weighted by molar-refractivity contribution is -0.157. The van der Waals surface area contributed by atoms with Gasteiger partial charge in [-0.1, -0.05) is 6.07 Å². The van der Waals surface area contributed by atoms with Gasteiger partial charge in [0.2, 0.25) is 0 Å². The van der Waals surface area contributed by atoms with Crippen molar-refractivity contribution in [1.82, 2.24) is 5.32 Å². The third-order valence-corrected chi connectivity index (χ3v) is 2.54. The molecule has 0 radical (unpaired) electrons. The van der Waals surface area contributed by atoms with Crippen LogP contribution in [0.5, 0.6) is 5.75 Å². The molecule has 0 aliphatic heterocycles. The van der Waals surface area contributed by atoms with Crippen molar-refractivity contribution in [3.8, 4) is 5.75 Å². The lowest BCUT2D eigenvalue weighted by Crippen LogP contribution is -2.43. The van der Waals surface area contributed by atoms with Crippen molar-refractivity contribution in [3.63, 3.8) is 0 Å². The average molecular weight is 323 g/mol. The number of ether oxygens (including phenoxy) is 1. The van der Waals surface area contributed by atoms with Crippen molar-refractivity contribution in [2.45, 2.75) is 25.6 Å². The zero-order chi connectivity index (χ0) is 16.9. The van der Waals surface area contributed by atoms with Gasteiger partial charge in [0.1, 0.15) is 6.04 Å². The Morgan fingerprint density at radius 3 is 2.50 bits per heavy atom. The van der Waals surface area contributed by atoms with Crippen LogP contribution in [0.3, 0.4) is 0 Å². The Morgan fingerprint density at radius 1 is 1.36 bits per heavy atom. The molecule has 1 amide bonds. The Morgan fingerprint density at radius 2 is 2.00 bits per heavy atom. The molecule has 0 heterocycles. The van der Waals surface area contributed by atoms with Crippen LogP contribution in [-0.2, 0) is 4.79 Å². The number of carbonyl (C=O) groups is 2. The Bertz CT molecular complexity index is 559. The van der Waals surface area contributed by atoms with Gasteiger partial charge in [-0.05, 0) is 19.1 Å². The van der Waals surface area contributed by atoms with Gasteiger partial charge in [-0.2, -0.15) is 13.2 Å². The molecule has 5 nitrogen and oxygen atoms in total. The van der Waals surface area contributed by atoms with E-state index in [4.69, 9.17) is 9.84 Å². The number of carbonyl (C=O) groups excluding carboxylic acids is 1. The summed E-state index contributed by atoms with van der Waals surface area (Å²) in [6, 6.07) is 1.11. The number of hydrogen-bond acceptors (Lipinski definition) is 3. The maximum atomic E-state index is 13.6. The molecule has 22 heavy (non-hydrogen) atoms. The highest BCUT2D eigenvalue weighted by Crippen LogP contribution is 2.24. The number of halogens is 4. The second-order valence-electron chi connectivity index (χ2n) is 4.23. The Kier molecular flexibility index (Phi) is 5.72. The molecular weight excluding hydrogens is 310 g/mol. The summed E-state index contributed by atoms with van der Waals surface area (Å²) < 4.78 is 55.3. The van der Waals surface area contributed by atoms with Crippen molar-refractivity contribution in [3.05, 3.63) is 29.6 Å². The molecule has 0 fully saturated rings. The number of alkyl halides is 3. The third kappa shape index (κ3) is 4.90. The van der Waals surface area contributed by atoms with E-state index in [2.05, 4.69) is 0 Å². The van der Waals surface area contributed by atoms with Gasteiger partial charge in [-0.15, -0.1) is 0 Å². The Balaban J connectivity index is 3.00. The van der Waals surface area contributed by atoms with Crippen LogP contribution >= 0.6 is 0 Å². The molecule has 0 spiro atoms. The first-order valence-corrected chi connectivity index (χ1v) is 6.17. The summed E-state index contributed by atoms with van der Waals surface area (Å²) in [5.74, 6) is -4.34. The van der Waals surface area contributed by atoms with Crippen molar-refractivity contribution in [2.75, 3.05) is 6.61 Å². The smallest absolute Gasteiger partial charge is 0.391 e. The number of hydrogen-bond donors (Lipinski definition) is 2. The first-order chi connectivity index (χ1) is 10.2. The molecule has 1 aromatic carbocycles. The van der Waals surface area contributed by atoms with Crippen LogP contribution < -0.4 is 10.1 Å². The molecule has 1 atom stereocenters. The maximum Gasteiger partial charge on any atom is 0.391 e. The zero-order valence-corrected chi connectivity index (χ0v) is 11.4. The predicted molar refractivity (Wildman–Crippen MR) is 67.1 cm³/mol. The monoisotopic (exact) mass is 323 g/mol. The standard InChI is InChI=1S/C13H13F4NO4/c1-2-22-10-7(4-3-5-8(10)14)11(19)18-9(12(20)21)6-13(15,16)17/h3-5,9H,2,6H2,1H3,(H,18,19)(H,20,21). The predicted octanol–water partition coefficient (Wildman–Crippen LogP) is 2.36. The molecule has 1 unspecified atom stereocenters. The molecule has 2 N–H and O–H groups in total. The number of benzene rings is 1. The van der Waals surface area contributed by atoms with E-state index in [1.807, 2.05) is 0 Å². The normalized spacial score (nSPS) is 12.6. The number of nitrogens with one attached hydrogen (secondary N) is 1. The zero-order valence-electron chi connectivity index (χ0n) is 11.4. The molecule has 0 saturated heterocycles. The highest BCUT2D eigenvalue weighted by molar-refractivity contribution is 5.99. The van der Waals surface area contributed by atoms with Gasteiger partial charge in [-0.3, -0.25) is 4.79 Å². The fourth-order valence-corrected chi connectivity index (χ4v) is 1.65. The van der Waals surface area contributed by atoms with Crippen molar-refractivity contribution in [1.29, 1.82) is 0 Å². The second kappa shape index (κ2) is 7.10. The molecule has 122 valence electrons. The Hall–Kier alpha value is -2.32.